The van der Waals surface area contributed by atoms with Gasteiger partial charge in [0.1, 0.15) is 0 Å². The van der Waals surface area contributed by atoms with Gasteiger partial charge in [-0.3, -0.25) is 4.99 Å². The Labute approximate surface area is 137 Å². The van der Waals surface area contributed by atoms with Crippen molar-refractivity contribution < 1.29 is 13.2 Å². The molecule has 2 aliphatic rings. The molecule has 130 valence electrons. The van der Waals surface area contributed by atoms with E-state index in [-0.39, 0.29) is 17.7 Å². The van der Waals surface area contributed by atoms with E-state index in [0.29, 0.717) is 18.7 Å². The Bertz CT molecular complexity index is 645. The molecule has 3 heterocycles. The van der Waals surface area contributed by atoms with Gasteiger partial charge < -0.3 is 16.0 Å². The first kappa shape index (κ1) is 16.7. The molecule has 3 rings (SSSR count). The van der Waals surface area contributed by atoms with Gasteiger partial charge in [-0.15, -0.1) is 0 Å². The van der Waals surface area contributed by atoms with Crippen LogP contribution < -0.4 is 16.0 Å². The van der Waals surface area contributed by atoms with E-state index in [9.17, 15) is 13.2 Å². The molecule has 2 aliphatic heterocycles. The van der Waals surface area contributed by atoms with Gasteiger partial charge in [-0.2, -0.15) is 13.2 Å². The molecule has 0 radical (unpaired) electrons. The fourth-order valence-corrected chi connectivity index (χ4v) is 2.53. The summed E-state index contributed by atoms with van der Waals surface area (Å²) in [4.78, 5) is 14.0. The molecule has 0 aromatic carbocycles. The Hall–Kier alpha value is -2.16. The third-order valence-electron chi connectivity index (χ3n) is 4.08. The lowest BCUT2D eigenvalue weighted by molar-refractivity contribution is -0.141. The van der Waals surface area contributed by atoms with Crippen molar-refractivity contribution in [2.75, 3.05) is 31.1 Å². The van der Waals surface area contributed by atoms with Crippen LogP contribution in [0.15, 0.2) is 17.3 Å². The molecule has 2 fully saturated rings. The van der Waals surface area contributed by atoms with E-state index in [1.165, 1.54) is 12.4 Å². The second kappa shape index (κ2) is 6.76. The lowest BCUT2D eigenvalue weighted by Crippen LogP contribution is -2.38. The molecule has 3 N–H and O–H groups in total. The third-order valence-corrected chi connectivity index (χ3v) is 4.08. The first-order valence-electron chi connectivity index (χ1n) is 7.85. The number of nitrogens with zero attached hydrogens (tertiary/aromatic N) is 4. The number of hydrogen-bond donors (Lipinski definition) is 2. The van der Waals surface area contributed by atoms with Crippen molar-refractivity contribution in [3.63, 3.8) is 0 Å². The predicted octanol–water partition coefficient (Wildman–Crippen LogP) is 1.44. The Morgan fingerprint density at radius 2 is 2.17 bits per heavy atom. The summed E-state index contributed by atoms with van der Waals surface area (Å²) in [7, 11) is 0. The van der Waals surface area contributed by atoms with Crippen molar-refractivity contribution in [1.82, 2.24) is 15.3 Å². The highest BCUT2D eigenvalue weighted by atomic mass is 19.4. The van der Waals surface area contributed by atoms with Gasteiger partial charge in [-0.1, -0.05) is 0 Å². The highest BCUT2D eigenvalue weighted by molar-refractivity contribution is 6.09. The molecule has 0 spiro atoms. The minimum atomic E-state index is -4.54. The number of nitrogens with one attached hydrogen (secondary N) is 1. The van der Waals surface area contributed by atoms with Crippen molar-refractivity contribution in [1.29, 1.82) is 0 Å². The standard InChI is InChI=1S/C15H19F3N6/c16-15(17,18)13-6-12(22-14(23-13)24-4-1-5-24)10(7-19)8-21-11-2-3-20-9-11/h6-8,11,20H,1-5,9,19H2. The zero-order valence-electron chi connectivity index (χ0n) is 13.1. The number of alkyl halides is 3. The molecule has 2 saturated heterocycles. The van der Waals surface area contributed by atoms with Crippen LogP contribution >= 0.6 is 0 Å². The van der Waals surface area contributed by atoms with Crippen molar-refractivity contribution in [3.8, 4) is 0 Å². The molecular weight excluding hydrogens is 321 g/mol. The van der Waals surface area contributed by atoms with Crippen LogP contribution in [0.1, 0.15) is 24.2 Å². The SMILES string of the molecule is NC=C(C=NC1CCNC1)c1cc(C(F)(F)F)nc(N2CCC2)n1. The van der Waals surface area contributed by atoms with Gasteiger partial charge in [0.15, 0.2) is 5.69 Å². The quantitative estimate of drug-likeness (QED) is 0.811. The summed E-state index contributed by atoms with van der Waals surface area (Å²) >= 11 is 0. The summed E-state index contributed by atoms with van der Waals surface area (Å²) < 4.78 is 39.4. The van der Waals surface area contributed by atoms with E-state index >= 15 is 0 Å². The van der Waals surface area contributed by atoms with Crippen LogP contribution in [0, 0.1) is 0 Å². The van der Waals surface area contributed by atoms with E-state index in [0.717, 1.165) is 32.0 Å². The van der Waals surface area contributed by atoms with Crippen LogP contribution in [0.2, 0.25) is 0 Å². The summed E-state index contributed by atoms with van der Waals surface area (Å²) in [5, 5.41) is 3.18. The fraction of sp³-hybridized carbons (Fsp3) is 0.533. The van der Waals surface area contributed by atoms with Crippen LogP contribution in [0.5, 0.6) is 0 Å². The van der Waals surface area contributed by atoms with Gasteiger partial charge in [-0.25, -0.2) is 9.97 Å². The van der Waals surface area contributed by atoms with Crippen LogP contribution in [-0.2, 0) is 6.18 Å². The number of halogens is 3. The molecule has 1 aromatic heterocycles. The van der Waals surface area contributed by atoms with Gasteiger partial charge >= 0.3 is 6.18 Å². The first-order valence-corrected chi connectivity index (χ1v) is 7.85. The normalized spacial score (nSPS) is 22.2. The number of nitrogens with two attached hydrogens (primary N) is 1. The van der Waals surface area contributed by atoms with Crippen molar-refractivity contribution in [2.45, 2.75) is 25.1 Å². The average molecular weight is 340 g/mol. The molecule has 1 unspecified atom stereocenters. The Kier molecular flexibility index (Phi) is 4.70. The van der Waals surface area contributed by atoms with Crippen LogP contribution in [0.3, 0.4) is 0 Å². The van der Waals surface area contributed by atoms with Crippen molar-refractivity contribution >= 4 is 17.7 Å². The van der Waals surface area contributed by atoms with E-state index < -0.39 is 11.9 Å². The number of aromatic nitrogens is 2. The average Bonchev–Trinajstić information content (AvgIpc) is 2.98. The summed E-state index contributed by atoms with van der Waals surface area (Å²) in [5.74, 6) is 0.0846. The fourth-order valence-electron chi connectivity index (χ4n) is 2.53. The Balaban J connectivity index is 1.91. The maximum Gasteiger partial charge on any atom is 0.433 e. The smallest absolute Gasteiger partial charge is 0.404 e. The van der Waals surface area contributed by atoms with Crippen LogP contribution in [-0.4, -0.2) is 48.4 Å². The molecule has 6 nitrogen and oxygen atoms in total. The molecule has 0 amide bonds. The highest BCUT2D eigenvalue weighted by Gasteiger charge is 2.35. The summed E-state index contributed by atoms with van der Waals surface area (Å²) in [6.45, 7) is 2.95. The van der Waals surface area contributed by atoms with Gasteiger partial charge in [0, 0.05) is 37.6 Å². The number of anilines is 1. The Morgan fingerprint density at radius 3 is 2.71 bits per heavy atom. The maximum absolute atomic E-state index is 13.1. The maximum atomic E-state index is 13.1. The molecule has 0 bridgehead atoms. The zero-order valence-corrected chi connectivity index (χ0v) is 13.1. The second-order valence-corrected chi connectivity index (χ2v) is 5.82. The monoisotopic (exact) mass is 340 g/mol. The minimum Gasteiger partial charge on any atom is -0.404 e. The highest BCUT2D eigenvalue weighted by Crippen LogP contribution is 2.31. The van der Waals surface area contributed by atoms with E-state index in [4.69, 9.17) is 5.73 Å². The molecule has 9 heteroatoms. The van der Waals surface area contributed by atoms with Gasteiger partial charge in [0.05, 0.1) is 11.7 Å². The van der Waals surface area contributed by atoms with Crippen LogP contribution in [0.4, 0.5) is 19.1 Å². The Morgan fingerprint density at radius 1 is 1.38 bits per heavy atom. The molecule has 24 heavy (non-hydrogen) atoms. The minimum absolute atomic E-state index is 0.0846. The second-order valence-electron chi connectivity index (χ2n) is 5.82. The van der Waals surface area contributed by atoms with Crippen molar-refractivity contribution in [3.05, 3.63) is 23.7 Å². The first-order chi connectivity index (χ1) is 11.5. The molecule has 1 aromatic rings. The molecule has 0 aliphatic carbocycles. The predicted molar refractivity (Wildman–Crippen MR) is 85.8 cm³/mol. The van der Waals surface area contributed by atoms with Crippen molar-refractivity contribution in [2.24, 2.45) is 10.7 Å². The number of aliphatic imine (C=N–C) groups is 1. The zero-order chi connectivity index (χ0) is 17.2. The van der Waals surface area contributed by atoms with Gasteiger partial charge in [0.25, 0.3) is 0 Å². The largest absolute Gasteiger partial charge is 0.433 e. The molecule has 1 atom stereocenters. The van der Waals surface area contributed by atoms with E-state index in [1.807, 2.05) is 0 Å². The molecular formula is C15H19F3N6. The lowest BCUT2D eigenvalue weighted by atomic mass is 10.1. The topological polar surface area (TPSA) is 79.4 Å². The molecule has 0 saturated carbocycles. The number of allylic oxidation sites excluding steroid dienone is 1. The number of hydrogen-bond acceptors (Lipinski definition) is 6. The van der Waals surface area contributed by atoms with E-state index in [1.54, 1.807) is 4.90 Å². The van der Waals surface area contributed by atoms with Gasteiger partial charge in [0.2, 0.25) is 5.95 Å². The summed E-state index contributed by atoms with van der Waals surface area (Å²) in [6.07, 6.45) is 0.00738. The van der Waals surface area contributed by atoms with E-state index in [2.05, 4.69) is 20.3 Å². The summed E-state index contributed by atoms with van der Waals surface area (Å²) in [6, 6.07) is 1.03. The number of rotatable bonds is 4. The van der Waals surface area contributed by atoms with Crippen LogP contribution in [0.25, 0.3) is 5.57 Å². The third kappa shape index (κ3) is 3.66. The summed E-state index contributed by atoms with van der Waals surface area (Å²) in [5.41, 5.74) is 5.12. The van der Waals surface area contributed by atoms with Gasteiger partial charge in [-0.05, 0) is 25.5 Å². The lowest BCUT2D eigenvalue weighted by Gasteiger charge is -2.31.